The van der Waals surface area contributed by atoms with E-state index in [9.17, 15) is 5.11 Å². The quantitative estimate of drug-likeness (QED) is 0.229. The van der Waals surface area contributed by atoms with Crippen LogP contribution in [0.3, 0.4) is 0 Å². The fourth-order valence-electron chi connectivity index (χ4n) is 3.85. The van der Waals surface area contributed by atoms with Crippen molar-refractivity contribution in [3.63, 3.8) is 0 Å². The van der Waals surface area contributed by atoms with Gasteiger partial charge in [-0.1, -0.05) is 41.7 Å². The van der Waals surface area contributed by atoms with E-state index in [1.165, 1.54) is 11.3 Å². The number of ether oxygens (including phenoxy) is 1. The van der Waals surface area contributed by atoms with E-state index in [1.807, 2.05) is 81.4 Å². The maximum atomic E-state index is 10.9. The molecule has 5 aromatic rings. The molecule has 34 heavy (non-hydrogen) atoms. The third kappa shape index (κ3) is 3.85. The zero-order valence-corrected chi connectivity index (χ0v) is 20.2. The van der Waals surface area contributed by atoms with Gasteiger partial charge < -0.3 is 19.7 Å². The number of nitrogens with zero attached hydrogens (tertiary/aromatic N) is 6. The predicted molar refractivity (Wildman–Crippen MR) is 135 cm³/mol. The van der Waals surface area contributed by atoms with E-state index >= 15 is 0 Å². The van der Waals surface area contributed by atoms with Crippen molar-refractivity contribution in [2.24, 2.45) is 10.2 Å². The molecule has 0 saturated heterocycles. The maximum Gasteiger partial charge on any atom is 0.213 e. The smallest absolute Gasteiger partial charge is 0.213 e. The molecule has 0 aliphatic carbocycles. The summed E-state index contributed by atoms with van der Waals surface area (Å²) in [6.07, 6.45) is -1.22. The highest BCUT2D eigenvalue weighted by molar-refractivity contribution is 7.20. The Morgan fingerprint density at radius 3 is 2.65 bits per heavy atom. The van der Waals surface area contributed by atoms with Crippen molar-refractivity contribution in [2.45, 2.75) is 20.1 Å². The number of anilines is 1. The van der Waals surface area contributed by atoms with E-state index < -0.39 is 6.29 Å². The molecule has 0 bridgehead atoms. The fraction of sp³-hybridized carbons (Fsp3) is 0.250. The van der Waals surface area contributed by atoms with Crippen LogP contribution in [0.5, 0.6) is 0 Å². The number of hydrogen-bond donors (Lipinski definition) is 2. The third-order valence-electron chi connectivity index (χ3n) is 5.52. The molecule has 0 saturated carbocycles. The summed E-state index contributed by atoms with van der Waals surface area (Å²) < 4.78 is 8.19. The summed E-state index contributed by atoms with van der Waals surface area (Å²) in [6, 6.07) is 15.9. The highest BCUT2D eigenvalue weighted by Crippen LogP contribution is 2.39. The molecule has 3 aromatic heterocycles. The van der Waals surface area contributed by atoms with Crippen molar-refractivity contribution >= 4 is 49.9 Å². The maximum absolute atomic E-state index is 10.9. The number of nitrogens with one attached hydrogen (secondary N) is 1. The number of aromatic amines is 1. The average molecular weight is 476 g/mol. The Morgan fingerprint density at radius 1 is 1.15 bits per heavy atom. The van der Waals surface area contributed by atoms with Gasteiger partial charge in [-0.25, -0.2) is 4.98 Å². The van der Waals surface area contributed by atoms with Gasteiger partial charge in [0.1, 0.15) is 0 Å². The van der Waals surface area contributed by atoms with Crippen LogP contribution in [0.4, 0.5) is 17.5 Å². The van der Waals surface area contributed by atoms with Crippen LogP contribution in [0.2, 0.25) is 0 Å². The number of aliphatic hydroxyl groups is 1. The molecule has 2 aromatic carbocycles. The summed E-state index contributed by atoms with van der Waals surface area (Å²) in [5.41, 5.74) is 3.27. The minimum atomic E-state index is -1.22. The molecule has 0 spiro atoms. The van der Waals surface area contributed by atoms with Gasteiger partial charge >= 0.3 is 0 Å². The standard InChI is InChI=1S/C24H25N7O2S/c1-5-33-23(32)19-21(28-27-20-14(2)15-10-6-7-11-16(15)25-20)31(29-22(19)30(3)4)24-26-17-12-8-9-13-18(17)34-24/h6-13,23,25,32H,5H2,1-4H3. The molecule has 9 nitrogen and oxygen atoms in total. The molecule has 0 aliphatic rings. The molecule has 1 atom stereocenters. The lowest BCUT2D eigenvalue weighted by Crippen LogP contribution is -2.14. The molecule has 0 aliphatic heterocycles. The van der Waals surface area contributed by atoms with Crippen molar-refractivity contribution in [1.82, 2.24) is 19.7 Å². The second-order valence-corrected chi connectivity index (χ2v) is 8.99. The first-order chi connectivity index (χ1) is 16.5. The highest BCUT2D eigenvalue weighted by atomic mass is 32.1. The molecule has 0 amide bonds. The van der Waals surface area contributed by atoms with Crippen molar-refractivity contribution in [1.29, 1.82) is 0 Å². The van der Waals surface area contributed by atoms with Crippen LogP contribution in [-0.2, 0) is 4.74 Å². The van der Waals surface area contributed by atoms with Crippen LogP contribution in [0, 0.1) is 6.92 Å². The molecular formula is C24H25N7O2S. The summed E-state index contributed by atoms with van der Waals surface area (Å²) in [4.78, 5) is 9.86. The number of rotatable bonds is 7. The van der Waals surface area contributed by atoms with Gasteiger partial charge in [0, 0.05) is 37.2 Å². The van der Waals surface area contributed by atoms with Gasteiger partial charge in [0.25, 0.3) is 0 Å². The summed E-state index contributed by atoms with van der Waals surface area (Å²) >= 11 is 1.49. The zero-order chi connectivity index (χ0) is 23.8. The van der Waals surface area contributed by atoms with Gasteiger partial charge in [-0.15, -0.1) is 15.3 Å². The normalized spacial score (nSPS) is 12.9. The van der Waals surface area contributed by atoms with Gasteiger partial charge in [-0.2, -0.15) is 4.68 Å². The van der Waals surface area contributed by atoms with E-state index in [4.69, 9.17) is 14.8 Å². The molecule has 0 radical (unpaired) electrons. The van der Waals surface area contributed by atoms with Crippen LogP contribution in [0.25, 0.3) is 26.3 Å². The van der Waals surface area contributed by atoms with Crippen LogP contribution in [0.15, 0.2) is 58.8 Å². The zero-order valence-electron chi connectivity index (χ0n) is 19.4. The summed E-state index contributed by atoms with van der Waals surface area (Å²) in [5.74, 6) is 1.53. The number of azo groups is 1. The molecule has 0 fully saturated rings. The van der Waals surface area contributed by atoms with Gasteiger partial charge in [0.15, 0.2) is 23.7 Å². The first kappa shape index (κ1) is 22.2. The van der Waals surface area contributed by atoms with Crippen LogP contribution in [0.1, 0.15) is 24.3 Å². The number of aromatic nitrogens is 4. The first-order valence-corrected chi connectivity index (χ1v) is 11.7. The summed E-state index contributed by atoms with van der Waals surface area (Å²) in [7, 11) is 3.71. The van der Waals surface area contributed by atoms with Gasteiger partial charge in [-0.05, 0) is 32.0 Å². The van der Waals surface area contributed by atoms with Crippen molar-refractivity contribution in [3.05, 3.63) is 59.7 Å². The topological polar surface area (TPSA) is 104 Å². The Bertz CT molecular complexity index is 1470. The Hall–Kier alpha value is -3.60. The monoisotopic (exact) mass is 475 g/mol. The third-order valence-corrected chi connectivity index (χ3v) is 6.53. The van der Waals surface area contributed by atoms with E-state index in [0.717, 1.165) is 26.7 Å². The van der Waals surface area contributed by atoms with E-state index in [2.05, 4.69) is 15.2 Å². The highest BCUT2D eigenvalue weighted by Gasteiger charge is 2.28. The Morgan fingerprint density at radius 2 is 1.91 bits per heavy atom. The summed E-state index contributed by atoms with van der Waals surface area (Å²) in [5, 5.41) is 26.4. The molecule has 3 heterocycles. The fourth-order valence-corrected chi connectivity index (χ4v) is 4.77. The lowest BCUT2D eigenvalue weighted by atomic mass is 10.2. The molecule has 1 unspecified atom stereocenters. The second kappa shape index (κ2) is 8.98. The summed E-state index contributed by atoms with van der Waals surface area (Å²) in [6.45, 7) is 4.16. The lowest BCUT2D eigenvalue weighted by Gasteiger charge is -2.15. The minimum absolute atomic E-state index is 0.331. The van der Waals surface area contributed by atoms with Crippen molar-refractivity contribution in [2.75, 3.05) is 25.6 Å². The number of thiazole rings is 1. The Kier molecular flexibility index (Phi) is 5.86. The number of benzene rings is 2. The minimum Gasteiger partial charge on any atom is -0.364 e. The molecule has 10 heteroatoms. The first-order valence-electron chi connectivity index (χ1n) is 10.9. The van der Waals surface area contributed by atoms with Gasteiger partial charge in [0.05, 0.1) is 15.8 Å². The van der Waals surface area contributed by atoms with Crippen molar-refractivity contribution in [3.8, 4) is 5.13 Å². The number of H-pyrrole nitrogens is 1. The number of hydrogen-bond acceptors (Lipinski definition) is 8. The number of fused-ring (bicyclic) bond motifs is 2. The van der Waals surface area contributed by atoms with E-state index in [1.54, 1.807) is 4.68 Å². The molecule has 5 rings (SSSR count). The SMILES string of the molecule is CCOC(O)c1c(N(C)C)nn(-c2nc3ccccc3s2)c1N=Nc1[nH]c2ccccc2c1C. The average Bonchev–Trinajstić information content (AvgIpc) is 3.51. The van der Waals surface area contributed by atoms with Crippen molar-refractivity contribution < 1.29 is 9.84 Å². The lowest BCUT2D eigenvalue weighted by molar-refractivity contribution is -0.0972. The Labute approximate surface area is 200 Å². The van der Waals surface area contributed by atoms with Crippen LogP contribution >= 0.6 is 11.3 Å². The van der Waals surface area contributed by atoms with E-state index in [-0.39, 0.29) is 0 Å². The predicted octanol–water partition coefficient (Wildman–Crippen LogP) is 5.78. The second-order valence-electron chi connectivity index (χ2n) is 7.98. The molecule has 174 valence electrons. The van der Waals surface area contributed by atoms with Gasteiger partial charge in [-0.3, -0.25) is 0 Å². The Balaban J connectivity index is 1.70. The molecule has 2 N–H and O–H groups in total. The number of aryl methyl sites for hydroxylation is 1. The van der Waals surface area contributed by atoms with E-state index in [0.29, 0.717) is 34.8 Å². The van der Waals surface area contributed by atoms with Crippen LogP contribution in [-0.4, -0.2) is 45.6 Å². The largest absolute Gasteiger partial charge is 0.364 e. The van der Waals surface area contributed by atoms with Crippen LogP contribution < -0.4 is 4.90 Å². The number of para-hydroxylation sites is 2. The number of aliphatic hydroxyl groups excluding tert-OH is 1. The van der Waals surface area contributed by atoms with Gasteiger partial charge in [0.2, 0.25) is 5.13 Å². The molecular weight excluding hydrogens is 450 g/mol.